The van der Waals surface area contributed by atoms with E-state index in [2.05, 4.69) is 15.4 Å². The summed E-state index contributed by atoms with van der Waals surface area (Å²) < 4.78 is 10.1. The van der Waals surface area contributed by atoms with Crippen LogP contribution in [-0.4, -0.2) is 38.3 Å². The first-order valence-corrected chi connectivity index (χ1v) is 6.90. The van der Waals surface area contributed by atoms with Gasteiger partial charge in [0, 0.05) is 13.1 Å². The van der Waals surface area contributed by atoms with Gasteiger partial charge in [-0.15, -0.1) is 0 Å². The van der Waals surface area contributed by atoms with Crippen molar-refractivity contribution in [1.82, 2.24) is 10.6 Å². The standard InChI is InChI=1S/C15H22N2O4/c1-4-20-15(19)17-8-7-16-14(18)10-21-13-6-5-11(2)12(3)9-13/h5-6,9H,4,7-8,10H2,1-3H3,(H,16,18)(H,17,19). The smallest absolute Gasteiger partial charge is 0.407 e. The normalized spacial score (nSPS) is 9.86. The van der Waals surface area contributed by atoms with Crippen LogP contribution in [0.25, 0.3) is 0 Å². The van der Waals surface area contributed by atoms with Crippen molar-refractivity contribution in [1.29, 1.82) is 0 Å². The zero-order valence-corrected chi connectivity index (χ0v) is 12.7. The van der Waals surface area contributed by atoms with Crippen molar-refractivity contribution in [2.24, 2.45) is 0 Å². The Balaban J connectivity index is 2.19. The summed E-state index contributed by atoms with van der Waals surface area (Å²) in [7, 11) is 0. The van der Waals surface area contributed by atoms with Crippen molar-refractivity contribution in [3.05, 3.63) is 29.3 Å². The summed E-state index contributed by atoms with van der Waals surface area (Å²) in [6.07, 6.45) is -0.488. The molecule has 0 atom stereocenters. The van der Waals surface area contributed by atoms with E-state index in [0.29, 0.717) is 25.4 Å². The molecule has 2 N–H and O–H groups in total. The number of nitrogens with one attached hydrogen (secondary N) is 2. The maximum Gasteiger partial charge on any atom is 0.407 e. The van der Waals surface area contributed by atoms with E-state index in [1.165, 1.54) is 5.56 Å². The average molecular weight is 294 g/mol. The topological polar surface area (TPSA) is 76.7 Å². The Bertz CT molecular complexity index is 489. The molecular weight excluding hydrogens is 272 g/mol. The fourth-order valence-electron chi connectivity index (χ4n) is 1.55. The van der Waals surface area contributed by atoms with Gasteiger partial charge in [-0.05, 0) is 44.0 Å². The van der Waals surface area contributed by atoms with Gasteiger partial charge in [0.25, 0.3) is 5.91 Å². The molecule has 21 heavy (non-hydrogen) atoms. The summed E-state index contributed by atoms with van der Waals surface area (Å²) in [5.41, 5.74) is 2.29. The molecule has 0 saturated carbocycles. The van der Waals surface area contributed by atoms with Gasteiger partial charge in [-0.1, -0.05) is 6.07 Å². The van der Waals surface area contributed by atoms with Crippen LogP contribution in [0.5, 0.6) is 5.75 Å². The maximum atomic E-state index is 11.6. The Labute approximate surface area is 124 Å². The fourth-order valence-corrected chi connectivity index (χ4v) is 1.55. The molecule has 116 valence electrons. The van der Waals surface area contributed by atoms with Gasteiger partial charge in [0.2, 0.25) is 0 Å². The van der Waals surface area contributed by atoms with Gasteiger partial charge in [0.15, 0.2) is 6.61 Å². The lowest BCUT2D eigenvalue weighted by molar-refractivity contribution is -0.123. The van der Waals surface area contributed by atoms with Gasteiger partial charge >= 0.3 is 6.09 Å². The number of amides is 2. The second-order valence-corrected chi connectivity index (χ2v) is 4.53. The Hall–Kier alpha value is -2.24. The first-order valence-electron chi connectivity index (χ1n) is 6.90. The molecule has 0 aliphatic heterocycles. The fraction of sp³-hybridized carbons (Fsp3) is 0.467. The number of alkyl carbamates (subject to hydrolysis) is 1. The van der Waals surface area contributed by atoms with E-state index in [-0.39, 0.29) is 12.5 Å². The largest absolute Gasteiger partial charge is 0.484 e. The molecule has 6 nitrogen and oxygen atoms in total. The highest BCUT2D eigenvalue weighted by Crippen LogP contribution is 2.16. The van der Waals surface area contributed by atoms with Gasteiger partial charge < -0.3 is 20.1 Å². The maximum absolute atomic E-state index is 11.6. The molecule has 0 radical (unpaired) electrons. The van der Waals surface area contributed by atoms with Crippen molar-refractivity contribution in [3.63, 3.8) is 0 Å². The van der Waals surface area contributed by atoms with Crippen LogP contribution in [0, 0.1) is 13.8 Å². The van der Waals surface area contributed by atoms with Crippen LogP contribution in [0.1, 0.15) is 18.1 Å². The molecule has 0 unspecified atom stereocenters. The monoisotopic (exact) mass is 294 g/mol. The lowest BCUT2D eigenvalue weighted by atomic mass is 10.1. The minimum atomic E-state index is -0.488. The Morgan fingerprint density at radius 1 is 1.10 bits per heavy atom. The Morgan fingerprint density at radius 3 is 2.48 bits per heavy atom. The summed E-state index contributed by atoms with van der Waals surface area (Å²) in [4.78, 5) is 22.5. The van der Waals surface area contributed by atoms with E-state index < -0.39 is 6.09 Å². The summed E-state index contributed by atoms with van der Waals surface area (Å²) in [5.74, 6) is 0.428. The SMILES string of the molecule is CCOC(=O)NCCNC(=O)COc1ccc(C)c(C)c1. The predicted octanol–water partition coefficient (Wildman–Crippen LogP) is 1.54. The molecule has 0 heterocycles. The second-order valence-electron chi connectivity index (χ2n) is 4.53. The van der Waals surface area contributed by atoms with Gasteiger partial charge in [-0.3, -0.25) is 4.79 Å². The molecule has 2 amide bonds. The third-order valence-corrected chi connectivity index (χ3v) is 2.84. The van der Waals surface area contributed by atoms with Crippen LogP contribution in [0.3, 0.4) is 0 Å². The van der Waals surface area contributed by atoms with E-state index in [1.807, 2.05) is 32.0 Å². The molecule has 0 aromatic heterocycles. The Kier molecular flexibility index (Phi) is 7.08. The van der Waals surface area contributed by atoms with Gasteiger partial charge in [0.05, 0.1) is 6.61 Å². The number of carbonyl (C=O) groups excluding carboxylic acids is 2. The van der Waals surface area contributed by atoms with Crippen LogP contribution in [0.15, 0.2) is 18.2 Å². The summed E-state index contributed by atoms with van der Waals surface area (Å²) >= 11 is 0. The molecule has 1 aromatic carbocycles. The first-order chi connectivity index (χ1) is 10.0. The highest BCUT2D eigenvalue weighted by Gasteiger charge is 2.04. The molecule has 0 bridgehead atoms. The number of hydrogen-bond donors (Lipinski definition) is 2. The highest BCUT2D eigenvalue weighted by molar-refractivity contribution is 5.77. The van der Waals surface area contributed by atoms with Crippen molar-refractivity contribution < 1.29 is 19.1 Å². The third-order valence-electron chi connectivity index (χ3n) is 2.84. The number of aryl methyl sites for hydroxylation is 2. The molecule has 1 rings (SSSR count). The van der Waals surface area contributed by atoms with E-state index in [4.69, 9.17) is 4.74 Å². The first kappa shape index (κ1) is 16.8. The summed E-state index contributed by atoms with van der Waals surface area (Å²) in [6.45, 7) is 6.64. The third kappa shape index (κ3) is 6.65. The van der Waals surface area contributed by atoms with Crippen molar-refractivity contribution in [2.45, 2.75) is 20.8 Å². The van der Waals surface area contributed by atoms with Crippen molar-refractivity contribution >= 4 is 12.0 Å². The van der Waals surface area contributed by atoms with Gasteiger partial charge in [-0.25, -0.2) is 4.79 Å². The molecule has 0 aliphatic carbocycles. The molecule has 1 aromatic rings. The van der Waals surface area contributed by atoms with E-state index in [1.54, 1.807) is 6.92 Å². The predicted molar refractivity (Wildman–Crippen MR) is 79.4 cm³/mol. The molecule has 0 spiro atoms. The average Bonchev–Trinajstić information content (AvgIpc) is 2.45. The summed E-state index contributed by atoms with van der Waals surface area (Å²) in [6, 6.07) is 5.68. The lowest BCUT2D eigenvalue weighted by Crippen LogP contribution is -2.37. The highest BCUT2D eigenvalue weighted by atomic mass is 16.5. The van der Waals surface area contributed by atoms with Crippen LogP contribution >= 0.6 is 0 Å². The minimum Gasteiger partial charge on any atom is -0.484 e. The molecule has 0 fully saturated rings. The minimum absolute atomic E-state index is 0.0537. The number of benzene rings is 1. The number of rotatable bonds is 7. The molecule has 0 saturated heterocycles. The molecule has 6 heteroatoms. The molecular formula is C15H22N2O4. The quantitative estimate of drug-likeness (QED) is 0.748. The second kappa shape index (κ2) is 8.84. The Morgan fingerprint density at radius 2 is 1.81 bits per heavy atom. The molecule has 0 aliphatic rings. The summed E-state index contributed by atoms with van der Waals surface area (Å²) in [5, 5.41) is 5.15. The zero-order valence-electron chi connectivity index (χ0n) is 12.7. The number of hydrogen-bond acceptors (Lipinski definition) is 4. The van der Waals surface area contributed by atoms with Crippen LogP contribution in [-0.2, 0) is 9.53 Å². The van der Waals surface area contributed by atoms with Crippen LogP contribution < -0.4 is 15.4 Å². The van der Waals surface area contributed by atoms with E-state index in [0.717, 1.165) is 5.56 Å². The van der Waals surface area contributed by atoms with Crippen molar-refractivity contribution in [2.75, 3.05) is 26.3 Å². The number of carbonyl (C=O) groups is 2. The number of ether oxygens (including phenoxy) is 2. The van der Waals surface area contributed by atoms with Gasteiger partial charge in [0.1, 0.15) is 5.75 Å². The zero-order chi connectivity index (χ0) is 15.7. The van der Waals surface area contributed by atoms with Crippen LogP contribution in [0.2, 0.25) is 0 Å². The van der Waals surface area contributed by atoms with E-state index in [9.17, 15) is 9.59 Å². The van der Waals surface area contributed by atoms with Gasteiger partial charge in [-0.2, -0.15) is 0 Å². The van der Waals surface area contributed by atoms with E-state index >= 15 is 0 Å². The van der Waals surface area contributed by atoms with Crippen LogP contribution in [0.4, 0.5) is 4.79 Å². The van der Waals surface area contributed by atoms with Crippen molar-refractivity contribution in [3.8, 4) is 5.75 Å². The lowest BCUT2D eigenvalue weighted by Gasteiger charge is -2.09.